The van der Waals surface area contributed by atoms with Crippen LogP contribution < -0.4 is 10.5 Å². The zero-order valence-electron chi connectivity index (χ0n) is 9.37. The molecule has 1 rings (SSSR count). The molecular weight excluding hydrogens is 213 g/mol. The van der Waals surface area contributed by atoms with Gasteiger partial charge >= 0.3 is 6.16 Å². The van der Waals surface area contributed by atoms with Crippen molar-refractivity contribution in [3.8, 4) is 5.75 Å². The number of hydrogen-bond acceptors (Lipinski definition) is 3. The summed E-state index contributed by atoms with van der Waals surface area (Å²) in [4.78, 5) is 10.5. The Morgan fingerprint density at radius 3 is 2.44 bits per heavy atom. The fourth-order valence-electron chi connectivity index (χ4n) is 1.37. The minimum atomic E-state index is -1.47. The van der Waals surface area contributed by atoms with Crippen molar-refractivity contribution in [2.24, 2.45) is 0 Å². The van der Waals surface area contributed by atoms with E-state index in [2.05, 4.69) is 4.74 Å². The van der Waals surface area contributed by atoms with Crippen molar-refractivity contribution in [1.29, 1.82) is 0 Å². The number of ether oxygens (including phenoxy) is 1. The summed E-state index contributed by atoms with van der Waals surface area (Å²) < 4.78 is 17.8. The van der Waals surface area contributed by atoms with Crippen molar-refractivity contribution in [1.82, 2.24) is 0 Å². The number of hydrogen-bond donors (Lipinski definition) is 2. The van der Waals surface area contributed by atoms with Crippen LogP contribution in [-0.4, -0.2) is 11.3 Å². The van der Waals surface area contributed by atoms with Gasteiger partial charge < -0.3 is 15.6 Å². The Labute approximate surface area is 92.8 Å². The zero-order chi connectivity index (χ0) is 12.5. The molecule has 0 saturated carbocycles. The first kappa shape index (κ1) is 12.3. The predicted octanol–water partition coefficient (Wildman–Crippen LogP) is 2.76. The molecule has 0 bridgehead atoms. The number of rotatable bonds is 1. The van der Waals surface area contributed by atoms with Gasteiger partial charge in [0, 0.05) is 11.6 Å². The minimum Gasteiger partial charge on any atom is -0.449 e. The van der Waals surface area contributed by atoms with E-state index in [1.54, 1.807) is 0 Å². The van der Waals surface area contributed by atoms with Crippen LogP contribution in [-0.2, 0) is 5.41 Å². The maximum atomic E-state index is 13.2. The number of carboxylic acid groups (broad SMARTS) is 1. The van der Waals surface area contributed by atoms with Crippen LogP contribution in [0.2, 0.25) is 0 Å². The first-order valence-corrected chi connectivity index (χ1v) is 4.72. The molecule has 0 aliphatic carbocycles. The summed E-state index contributed by atoms with van der Waals surface area (Å²) in [7, 11) is 0. The van der Waals surface area contributed by atoms with Gasteiger partial charge in [0.25, 0.3) is 0 Å². The Balaban J connectivity index is 3.38. The fraction of sp³-hybridized carbons (Fsp3) is 0.364. The largest absolute Gasteiger partial charge is 0.511 e. The molecule has 0 aliphatic rings. The predicted molar refractivity (Wildman–Crippen MR) is 58.2 cm³/mol. The molecule has 0 radical (unpaired) electrons. The van der Waals surface area contributed by atoms with E-state index in [1.807, 2.05) is 20.8 Å². The molecule has 88 valence electrons. The molecule has 0 unspecified atom stereocenters. The maximum absolute atomic E-state index is 13.2. The quantitative estimate of drug-likeness (QED) is 0.439. The Morgan fingerprint density at radius 2 is 2.00 bits per heavy atom. The molecule has 0 fully saturated rings. The van der Waals surface area contributed by atoms with Crippen molar-refractivity contribution in [2.45, 2.75) is 26.2 Å². The van der Waals surface area contributed by atoms with Crippen molar-refractivity contribution in [2.75, 3.05) is 5.73 Å². The SMILES string of the molecule is CC(C)(C)c1cc(F)cc(N)c1OC(=O)O. The Morgan fingerprint density at radius 1 is 1.44 bits per heavy atom. The van der Waals surface area contributed by atoms with Gasteiger partial charge in [-0.05, 0) is 11.5 Å². The molecule has 3 N–H and O–H groups in total. The highest BCUT2D eigenvalue weighted by molar-refractivity contribution is 5.68. The van der Waals surface area contributed by atoms with Gasteiger partial charge in [0.2, 0.25) is 0 Å². The van der Waals surface area contributed by atoms with Crippen molar-refractivity contribution in [3.05, 3.63) is 23.5 Å². The molecule has 16 heavy (non-hydrogen) atoms. The molecule has 0 aliphatic heterocycles. The lowest BCUT2D eigenvalue weighted by molar-refractivity contribution is 0.144. The van der Waals surface area contributed by atoms with Gasteiger partial charge in [0.05, 0.1) is 5.69 Å². The molecule has 0 heterocycles. The van der Waals surface area contributed by atoms with Crippen molar-refractivity contribution >= 4 is 11.8 Å². The molecular formula is C11H14FNO3. The van der Waals surface area contributed by atoms with Crippen LogP contribution in [0.25, 0.3) is 0 Å². The van der Waals surface area contributed by atoms with Crippen LogP contribution in [0.3, 0.4) is 0 Å². The number of benzene rings is 1. The summed E-state index contributed by atoms with van der Waals surface area (Å²) in [6, 6.07) is 2.27. The molecule has 1 aromatic carbocycles. The molecule has 0 aromatic heterocycles. The molecule has 0 atom stereocenters. The molecule has 0 spiro atoms. The third kappa shape index (κ3) is 2.62. The lowest BCUT2D eigenvalue weighted by atomic mass is 9.86. The van der Waals surface area contributed by atoms with Crippen LogP contribution in [0.4, 0.5) is 14.9 Å². The third-order valence-corrected chi connectivity index (χ3v) is 2.08. The minimum absolute atomic E-state index is 0.00130. The van der Waals surface area contributed by atoms with E-state index >= 15 is 0 Å². The van der Waals surface area contributed by atoms with Crippen LogP contribution in [0, 0.1) is 5.82 Å². The van der Waals surface area contributed by atoms with Gasteiger partial charge in [-0.3, -0.25) is 0 Å². The van der Waals surface area contributed by atoms with Gasteiger partial charge in [-0.25, -0.2) is 9.18 Å². The standard InChI is InChI=1S/C11H14FNO3/c1-11(2,3)7-4-6(12)5-8(13)9(7)16-10(14)15/h4-5H,13H2,1-3H3,(H,14,15). The second kappa shape index (κ2) is 4.00. The summed E-state index contributed by atoms with van der Waals surface area (Å²) in [5.74, 6) is -0.512. The van der Waals surface area contributed by atoms with Crippen molar-refractivity contribution in [3.63, 3.8) is 0 Å². The number of nitrogens with two attached hydrogens (primary N) is 1. The van der Waals surface area contributed by atoms with E-state index in [9.17, 15) is 9.18 Å². The number of carbonyl (C=O) groups is 1. The highest BCUT2D eigenvalue weighted by Crippen LogP contribution is 2.36. The second-order valence-electron chi connectivity index (χ2n) is 4.49. The van der Waals surface area contributed by atoms with Crippen LogP contribution in [0.15, 0.2) is 12.1 Å². The Kier molecular flexibility index (Phi) is 3.07. The first-order chi connectivity index (χ1) is 7.21. The monoisotopic (exact) mass is 227 g/mol. The second-order valence-corrected chi connectivity index (χ2v) is 4.49. The topological polar surface area (TPSA) is 72.5 Å². The van der Waals surface area contributed by atoms with Crippen LogP contribution in [0.5, 0.6) is 5.75 Å². The average Bonchev–Trinajstić information content (AvgIpc) is 2.06. The average molecular weight is 227 g/mol. The summed E-state index contributed by atoms with van der Waals surface area (Å²) in [6.45, 7) is 5.45. The highest BCUT2D eigenvalue weighted by atomic mass is 19.1. The molecule has 4 nitrogen and oxygen atoms in total. The maximum Gasteiger partial charge on any atom is 0.511 e. The van der Waals surface area contributed by atoms with E-state index in [1.165, 1.54) is 6.07 Å². The summed E-state index contributed by atoms with van der Waals surface area (Å²) >= 11 is 0. The molecule has 1 aromatic rings. The normalized spacial score (nSPS) is 11.2. The van der Waals surface area contributed by atoms with Gasteiger partial charge in [-0.15, -0.1) is 0 Å². The summed E-state index contributed by atoms with van der Waals surface area (Å²) in [6.07, 6.45) is -1.47. The zero-order valence-corrected chi connectivity index (χ0v) is 9.37. The van der Waals surface area contributed by atoms with Crippen LogP contribution >= 0.6 is 0 Å². The van der Waals surface area contributed by atoms with Crippen LogP contribution in [0.1, 0.15) is 26.3 Å². The fourth-order valence-corrected chi connectivity index (χ4v) is 1.37. The number of anilines is 1. The Hall–Kier alpha value is -1.78. The van der Waals surface area contributed by atoms with Gasteiger partial charge in [0.15, 0.2) is 5.75 Å². The smallest absolute Gasteiger partial charge is 0.449 e. The number of halogens is 1. The third-order valence-electron chi connectivity index (χ3n) is 2.08. The van der Waals surface area contributed by atoms with E-state index in [0.29, 0.717) is 5.56 Å². The molecule has 5 heteroatoms. The number of nitrogen functional groups attached to an aromatic ring is 1. The summed E-state index contributed by atoms with van der Waals surface area (Å²) in [5.41, 5.74) is 5.48. The van der Waals surface area contributed by atoms with Gasteiger partial charge in [-0.1, -0.05) is 20.8 Å². The van der Waals surface area contributed by atoms with E-state index in [4.69, 9.17) is 10.8 Å². The van der Waals surface area contributed by atoms with Gasteiger partial charge in [0.1, 0.15) is 5.82 Å². The van der Waals surface area contributed by atoms with E-state index in [0.717, 1.165) is 6.07 Å². The van der Waals surface area contributed by atoms with Gasteiger partial charge in [-0.2, -0.15) is 0 Å². The lowest BCUT2D eigenvalue weighted by Gasteiger charge is -2.22. The van der Waals surface area contributed by atoms with E-state index < -0.39 is 17.4 Å². The summed E-state index contributed by atoms with van der Waals surface area (Å²) in [5, 5.41) is 8.58. The molecule has 0 amide bonds. The lowest BCUT2D eigenvalue weighted by Crippen LogP contribution is -2.17. The Bertz CT molecular complexity index is 424. The first-order valence-electron chi connectivity index (χ1n) is 4.72. The highest BCUT2D eigenvalue weighted by Gasteiger charge is 2.23. The van der Waals surface area contributed by atoms with E-state index in [-0.39, 0.29) is 11.4 Å². The molecule has 0 saturated heterocycles. The van der Waals surface area contributed by atoms with Crippen molar-refractivity contribution < 1.29 is 19.0 Å².